The quantitative estimate of drug-likeness (QED) is 0.799. The predicted molar refractivity (Wildman–Crippen MR) is 106 cm³/mol. The minimum atomic E-state index is -0.126. The molecule has 1 unspecified atom stereocenters. The van der Waals surface area contributed by atoms with Gasteiger partial charge in [0.05, 0.1) is 13.0 Å². The molecule has 2 aromatic rings. The molecule has 2 aliphatic rings. The Morgan fingerprint density at radius 2 is 2.15 bits per heavy atom. The number of ether oxygens (including phenoxy) is 2. The van der Waals surface area contributed by atoms with Gasteiger partial charge in [-0.1, -0.05) is 24.3 Å². The highest BCUT2D eigenvalue weighted by Crippen LogP contribution is 2.31. The highest BCUT2D eigenvalue weighted by atomic mass is 16.5. The molecule has 1 N–H and O–H groups in total. The number of amides is 1. The van der Waals surface area contributed by atoms with Gasteiger partial charge in [0, 0.05) is 31.4 Å². The second-order valence-electron chi connectivity index (χ2n) is 7.20. The number of para-hydroxylation sites is 1. The van der Waals surface area contributed by atoms with E-state index in [0.717, 1.165) is 43.0 Å². The summed E-state index contributed by atoms with van der Waals surface area (Å²) >= 11 is 0. The fourth-order valence-corrected chi connectivity index (χ4v) is 3.91. The van der Waals surface area contributed by atoms with Crippen molar-refractivity contribution >= 4 is 11.6 Å². The van der Waals surface area contributed by atoms with Gasteiger partial charge in [-0.3, -0.25) is 4.79 Å². The van der Waals surface area contributed by atoms with Crippen LogP contribution in [0.1, 0.15) is 17.5 Å². The molecule has 142 valence electrons. The number of hydrogen-bond acceptors (Lipinski definition) is 4. The van der Waals surface area contributed by atoms with Crippen LogP contribution >= 0.6 is 0 Å². The van der Waals surface area contributed by atoms with Crippen molar-refractivity contribution in [1.82, 2.24) is 5.32 Å². The number of carbonyl (C=O) groups excluding carboxylic acids is 1. The Morgan fingerprint density at radius 1 is 1.26 bits per heavy atom. The minimum Gasteiger partial charge on any atom is -0.497 e. The van der Waals surface area contributed by atoms with Crippen molar-refractivity contribution in [2.75, 3.05) is 38.3 Å². The van der Waals surface area contributed by atoms with Crippen molar-refractivity contribution < 1.29 is 14.3 Å². The maximum absolute atomic E-state index is 12.5. The molecule has 27 heavy (non-hydrogen) atoms. The fourth-order valence-electron chi connectivity index (χ4n) is 3.91. The van der Waals surface area contributed by atoms with Gasteiger partial charge in [0.15, 0.2) is 0 Å². The molecule has 0 aromatic heterocycles. The lowest BCUT2D eigenvalue weighted by atomic mass is 9.96. The van der Waals surface area contributed by atoms with Crippen molar-refractivity contribution in [2.24, 2.45) is 5.92 Å². The number of methoxy groups -OCH3 is 1. The van der Waals surface area contributed by atoms with Gasteiger partial charge in [0.2, 0.25) is 5.91 Å². The van der Waals surface area contributed by atoms with Gasteiger partial charge in [-0.15, -0.1) is 0 Å². The molecule has 0 fully saturated rings. The van der Waals surface area contributed by atoms with Crippen molar-refractivity contribution in [1.29, 1.82) is 0 Å². The van der Waals surface area contributed by atoms with Crippen LogP contribution in [0, 0.1) is 5.92 Å². The summed E-state index contributed by atoms with van der Waals surface area (Å²) in [4.78, 5) is 14.9. The van der Waals surface area contributed by atoms with Crippen LogP contribution in [0.15, 0.2) is 42.5 Å². The summed E-state index contributed by atoms with van der Waals surface area (Å²) in [5.74, 6) is 1.56. The highest BCUT2D eigenvalue weighted by Gasteiger charge is 2.26. The molecular weight excluding hydrogens is 340 g/mol. The number of hydrogen-bond donors (Lipinski definition) is 1. The van der Waals surface area contributed by atoms with Crippen LogP contribution in [-0.2, 0) is 17.6 Å². The van der Waals surface area contributed by atoms with Crippen LogP contribution in [-0.4, -0.2) is 39.3 Å². The summed E-state index contributed by atoms with van der Waals surface area (Å²) in [5, 5.41) is 3.08. The third-order valence-electron chi connectivity index (χ3n) is 5.44. The molecule has 1 atom stereocenters. The summed E-state index contributed by atoms with van der Waals surface area (Å²) in [6.07, 6.45) is 2.78. The lowest BCUT2D eigenvalue weighted by Crippen LogP contribution is -2.38. The number of rotatable bonds is 6. The number of carbonyl (C=O) groups is 1. The Morgan fingerprint density at radius 3 is 3.04 bits per heavy atom. The molecule has 0 spiro atoms. The highest BCUT2D eigenvalue weighted by molar-refractivity contribution is 5.79. The van der Waals surface area contributed by atoms with Crippen LogP contribution < -0.4 is 19.7 Å². The largest absolute Gasteiger partial charge is 0.497 e. The van der Waals surface area contributed by atoms with Crippen molar-refractivity contribution in [3.05, 3.63) is 53.6 Å². The maximum Gasteiger partial charge on any atom is 0.226 e. The van der Waals surface area contributed by atoms with Gasteiger partial charge >= 0.3 is 0 Å². The van der Waals surface area contributed by atoms with E-state index in [1.807, 2.05) is 18.2 Å². The summed E-state index contributed by atoms with van der Waals surface area (Å²) < 4.78 is 11.0. The predicted octanol–water partition coefficient (Wildman–Crippen LogP) is 2.82. The molecule has 2 heterocycles. The molecular formula is C22H26N2O3. The van der Waals surface area contributed by atoms with E-state index in [2.05, 4.69) is 34.5 Å². The van der Waals surface area contributed by atoms with Crippen molar-refractivity contribution in [2.45, 2.75) is 19.3 Å². The number of nitrogens with zero attached hydrogens (tertiary/aromatic N) is 1. The van der Waals surface area contributed by atoms with Crippen LogP contribution in [0.25, 0.3) is 0 Å². The third-order valence-corrected chi connectivity index (χ3v) is 5.44. The SMILES string of the molecule is COc1ccc2c(c1)OCC(C(=O)NCCCN1CCc3ccccc31)C2. The van der Waals surface area contributed by atoms with E-state index in [4.69, 9.17) is 9.47 Å². The Balaban J connectivity index is 1.23. The van der Waals surface area contributed by atoms with Crippen LogP contribution in [0.3, 0.4) is 0 Å². The molecule has 0 aliphatic carbocycles. The molecule has 4 rings (SSSR count). The molecule has 5 heteroatoms. The van der Waals surface area contributed by atoms with E-state index in [0.29, 0.717) is 19.6 Å². The van der Waals surface area contributed by atoms with E-state index >= 15 is 0 Å². The second kappa shape index (κ2) is 7.91. The smallest absolute Gasteiger partial charge is 0.226 e. The summed E-state index contributed by atoms with van der Waals surface area (Å²) in [6, 6.07) is 14.4. The first kappa shape index (κ1) is 17.7. The summed E-state index contributed by atoms with van der Waals surface area (Å²) in [7, 11) is 1.64. The Bertz CT molecular complexity index is 821. The van der Waals surface area contributed by atoms with Crippen LogP contribution in [0.2, 0.25) is 0 Å². The molecule has 0 saturated heterocycles. The van der Waals surface area contributed by atoms with Crippen molar-refractivity contribution in [3.8, 4) is 11.5 Å². The van der Waals surface area contributed by atoms with E-state index < -0.39 is 0 Å². The average molecular weight is 366 g/mol. The zero-order valence-electron chi connectivity index (χ0n) is 15.7. The standard InChI is InChI=1S/C22H26N2O3/c1-26-19-8-7-17-13-18(15-27-21(17)14-19)22(25)23-10-4-11-24-12-9-16-5-2-3-6-20(16)24/h2-3,5-8,14,18H,4,9-13,15H2,1H3,(H,23,25). The van der Waals surface area contributed by atoms with Gasteiger partial charge in [0.25, 0.3) is 0 Å². The lowest BCUT2D eigenvalue weighted by Gasteiger charge is -2.25. The van der Waals surface area contributed by atoms with E-state index in [1.165, 1.54) is 11.3 Å². The molecule has 2 aromatic carbocycles. The molecule has 0 radical (unpaired) electrons. The first-order valence-electron chi connectivity index (χ1n) is 9.65. The van der Waals surface area contributed by atoms with Gasteiger partial charge in [0.1, 0.15) is 18.1 Å². The topological polar surface area (TPSA) is 50.8 Å². The lowest BCUT2D eigenvalue weighted by molar-refractivity contribution is -0.126. The second-order valence-corrected chi connectivity index (χ2v) is 7.20. The van der Waals surface area contributed by atoms with E-state index in [9.17, 15) is 4.79 Å². The number of benzene rings is 2. The van der Waals surface area contributed by atoms with E-state index in [1.54, 1.807) is 7.11 Å². The van der Waals surface area contributed by atoms with Crippen molar-refractivity contribution in [3.63, 3.8) is 0 Å². The molecule has 0 saturated carbocycles. The molecule has 0 bridgehead atoms. The Labute approximate surface area is 160 Å². The summed E-state index contributed by atoms with van der Waals surface area (Å²) in [5.41, 5.74) is 3.84. The van der Waals surface area contributed by atoms with Crippen LogP contribution in [0.4, 0.5) is 5.69 Å². The van der Waals surface area contributed by atoms with Gasteiger partial charge < -0.3 is 19.7 Å². The van der Waals surface area contributed by atoms with Gasteiger partial charge in [-0.25, -0.2) is 0 Å². The molecule has 1 amide bonds. The zero-order valence-corrected chi connectivity index (χ0v) is 15.7. The monoisotopic (exact) mass is 366 g/mol. The van der Waals surface area contributed by atoms with Gasteiger partial charge in [-0.2, -0.15) is 0 Å². The van der Waals surface area contributed by atoms with Gasteiger partial charge in [-0.05, 0) is 42.5 Å². The normalized spacial score (nSPS) is 17.7. The maximum atomic E-state index is 12.5. The zero-order chi connectivity index (χ0) is 18.6. The number of anilines is 1. The van der Waals surface area contributed by atoms with Crippen LogP contribution in [0.5, 0.6) is 11.5 Å². The average Bonchev–Trinajstić information content (AvgIpc) is 3.13. The third kappa shape index (κ3) is 3.87. The summed E-state index contributed by atoms with van der Waals surface area (Å²) in [6.45, 7) is 3.17. The molecule has 2 aliphatic heterocycles. The number of nitrogens with one attached hydrogen (secondary N) is 1. The first-order chi connectivity index (χ1) is 13.2. The first-order valence-corrected chi connectivity index (χ1v) is 9.65. The fraction of sp³-hybridized carbons (Fsp3) is 0.409. The Kier molecular flexibility index (Phi) is 5.19. The number of fused-ring (bicyclic) bond motifs is 2. The minimum absolute atomic E-state index is 0.0818. The van der Waals surface area contributed by atoms with E-state index in [-0.39, 0.29) is 11.8 Å². The Hall–Kier alpha value is -2.69. The molecule has 5 nitrogen and oxygen atoms in total.